The van der Waals surface area contributed by atoms with E-state index in [0.29, 0.717) is 6.54 Å². The first-order chi connectivity index (χ1) is 9.90. The minimum atomic E-state index is 0.639. The van der Waals surface area contributed by atoms with E-state index in [2.05, 4.69) is 10.5 Å². The molecule has 3 nitrogen and oxygen atoms in total. The van der Waals surface area contributed by atoms with E-state index in [0.717, 1.165) is 16.9 Å². The number of rotatable bonds is 6. The lowest BCUT2D eigenvalue weighted by Crippen LogP contribution is -2.06. The number of methoxy groups -OCH3 is 1. The van der Waals surface area contributed by atoms with E-state index in [1.54, 1.807) is 13.3 Å². The van der Waals surface area contributed by atoms with Crippen molar-refractivity contribution in [2.75, 3.05) is 7.11 Å². The molecular formula is C17H18N2O. The van der Waals surface area contributed by atoms with E-state index in [9.17, 15) is 0 Å². The highest BCUT2D eigenvalue weighted by Crippen LogP contribution is 2.16. The highest BCUT2D eigenvalue weighted by Gasteiger charge is 1.98. The fourth-order valence-electron chi connectivity index (χ4n) is 1.79. The molecule has 0 fully saturated rings. The van der Waals surface area contributed by atoms with Crippen molar-refractivity contribution in [1.29, 1.82) is 0 Å². The third-order valence-electron chi connectivity index (χ3n) is 2.80. The van der Waals surface area contributed by atoms with Crippen molar-refractivity contribution < 1.29 is 4.74 Å². The Balaban J connectivity index is 1.81. The number of allylic oxidation sites excluding steroid dienone is 1. The highest BCUT2D eigenvalue weighted by atomic mass is 16.5. The molecule has 0 aliphatic rings. The molecule has 0 saturated heterocycles. The van der Waals surface area contributed by atoms with Gasteiger partial charge in [-0.25, -0.2) is 0 Å². The van der Waals surface area contributed by atoms with Crippen molar-refractivity contribution in [2.24, 2.45) is 5.10 Å². The summed E-state index contributed by atoms with van der Waals surface area (Å²) < 4.78 is 5.28. The first-order valence-electron chi connectivity index (χ1n) is 6.49. The summed E-state index contributed by atoms with van der Waals surface area (Å²) in [5.74, 6) is 0.870. The van der Waals surface area contributed by atoms with E-state index in [-0.39, 0.29) is 0 Å². The van der Waals surface area contributed by atoms with Crippen molar-refractivity contribution in [1.82, 2.24) is 5.43 Å². The summed E-state index contributed by atoms with van der Waals surface area (Å²) in [7, 11) is 1.67. The Bertz CT molecular complexity index is 577. The maximum atomic E-state index is 5.28. The predicted octanol–water partition coefficient (Wildman–Crippen LogP) is 3.48. The van der Waals surface area contributed by atoms with Gasteiger partial charge in [0.25, 0.3) is 0 Å². The van der Waals surface area contributed by atoms with E-state index in [1.807, 2.05) is 66.7 Å². The van der Waals surface area contributed by atoms with Crippen molar-refractivity contribution in [3.05, 3.63) is 71.8 Å². The summed E-state index contributed by atoms with van der Waals surface area (Å²) in [5, 5.41) is 4.14. The Kier molecular flexibility index (Phi) is 5.40. The van der Waals surface area contributed by atoms with Gasteiger partial charge in [-0.05, 0) is 17.7 Å². The Morgan fingerprint density at radius 1 is 1.05 bits per heavy atom. The molecule has 0 radical (unpaired) electrons. The third kappa shape index (κ3) is 4.28. The number of nitrogens with zero attached hydrogens (tertiary/aromatic N) is 1. The predicted molar refractivity (Wildman–Crippen MR) is 83.8 cm³/mol. The van der Waals surface area contributed by atoms with Crippen LogP contribution in [0.3, 0.4) is 0 Å². The Morgan fingerprint density at radius 2 is 1.80 bits per heavy atom. The molecule has 0 aromatic heterocycles. The van der Waals surface area contributed by atoms with Gasteiger partial charge in [0.15, 0.2) is 0 Å². The minimum absolute atomic E-state index is 0.639. The number of hydrogen-bond acceptors (Lipinski definition) is 3. The standard InChI is InChI=1S/C17H18N2O/c1-20-17-12-6-5-11-16(17)14-19-18-13-7-10-15-8-3-2-4-9-15/h2-13,19H,14H2,1H3/b10-7+,18-13-. The molecular weight excluding hydrogens is 248 g/mol. The Morgan fingerprint density at radius 3 is 2.60 bits per heavy atom. The smallest absolute Gasteiger partial charge is 0.123 e. The lowest BCUT2D eigenvalue weighted by Gasteiger charge is -2.06. The van der Waals surface area contributed by atoms with Gasteiger partial charge in [0.05, 0.1) is 13.7 Å². The van der Waals surface area contributed by atoms with Crippen molar-refractivity contribution >= 4 is 12.3 Å². The fraction of sp³-hybridized carbons (Fsp3) is 0.118. The SMILES string of the molecule is COc1ccccc1CN/N=C\C=C\c1ccccc1. The maximum absolute atomic E-state index is 5.28. The molecule has 0 aliphatic heterocycles. The van der Waals surface area contributed by atoms with Gasteiger partial charge in [-0.1, -0.05) is 54.6 Å². The molecule has 0 heterocycles. The molecule has 0 amide bonds. The van der Waals surface area contributed by atoms with Crippen LogP contribution in [0.5, 0.6) is 5.75 Å². The van der Waals surface area contributed by atoms with E-state index < -0.39 is 0 Å². The number of hydrogen-bond donors (Lipinski definition) is 1. The van der Waals surface area contributed by atoms with Crippen LogP contribution in [0.2, 0.25) is 0 Å². The van der Waals surface area contributed by atoms with Crippen molar-refractivity contribution in [3.8, 4) is 5.75 Å². The summed E-state index contributed by atoms with van der Waals surface area (Å²) in [6.45, 7) is 0.639. The van der Waals surface area contributed by atoms with Gasteiger partial charge >= 0.3 is 0 Å². The zero-order valence-electron chi connectivity index (χ0n) is 11.5. The number of nitrogens with one attached hydrogen (secondary N) is 1. The largest absolute Gasteiger partial charge is 0.496 e. The van der Waals surface area contributed by atoms with Crippen LogP contribution in [0.4, 0.5) is 0 Å². The second-order valence-electron chi connectivity index (χ2n) is 4.19. The molecule has 0 spiro atoms. The first kappa shape index (κ1) is 13.9. The van der Waals surface area contributed by atoms with E-state index in [4.69, 9.17) is 4.74 Å². The van der Waals surface area contributed by atoms with Gasteiger partial charge in [0, 0.05) is 11.8 Å². The van der Waals surface area contributed by atoms with Gasteiger partial charge in [0.2, 0.25) is 0 Å². The van der Waals surface area contributed by atoms with Gasteiger partial charge in [-0.2, -0.15) is 5.10 Å². The zero-order chi connectivity index (χ0) is 14.0. The van der Waals surface area contributed by atoms with Crippen LogP contribution in [0.15, 0.2) is 65.8 Å². The summed E-state index contributed by atoms with van der Waals surface area (Å²) in [6.07, 6.45) is 5.65. The molecule has 3 heteroatoms. The average molecular weight is 266 g/mol. The van der Waals surface area contributed by atoms with Crippen molar-refractivity contribution in [2.45, 2.75) is 6.54 Å². The van der Waals surface area contributed by atoms with Gasteiger partial charge in [-0.3, -0.25) is 0 Å². The molecule has 2 rings (SSSR count). The van der Waals surface area contributed by atoms with E-state index in [1.165, 1.54) is 0 Å². The second-order valence-corrected chi connectivity index (χ2v) is 4.19. The van der Waals surface area contributed by atoms with Crippen molar-refractivity contribution in [3.63, 3.8) is 0 Å². The summed E-state index contributed by atoms with van der Waals surface area (Å²) in [4.78, 5) is 0. The lowest BCUT2D eigenvalue weighted by molar-refractivity contribution is 0.408. The molecule has 0 saturated carbocycles. The molecule has 1 N–H and O–H groups in total. The lowest BCUT2D eigenvalue weighted by atomic mass is 10.2. The molecule has 2 aromatic carbocycles. The third-order valence-corrected chi connectivity index (χ3v) is 2.80. The first-order valence-corrected chi connectivity index (χ1v) is 6.49. The molecule has 0 bridgehead atoms. The quantitative estimate of drug-likeness (QED) is 0.641. The van der Waals surface area contributed by atoms with Gasteiger partial charge in [0.1, 0.15) is 5.75 Å². The Hall–Kier alpha value is -2.55. The van der Waals surface area contributed by atoms with Gasteiger partial charge < -0.3 is 10.2 Å². The number of para-hydroxylation sites is 1. The zero-order valence-corrected chi connectivity index (χ0v) is 11.5. The second kappa shape index (κ2) is 7.79. The topological polar surface area (TPSA) is 33.6 Å². The van der Waals surface area contributed by atoms with Crippen LogP contribution in [0.25, 0.3) is 6.08 Å². The van der Waals surface area contributed by atoms with Crippen LogP contribution in [-0.4, -0.2) is 13.3 Å². The molecule has 0 atom stereocenters. The Labute approximate surface area is 119 Å². The molecule has 20 heavy (non-hydrogen) atoms. The number of ether oxygens (including phenoxy) is 1. The fourth-order valence-corrected chi connectivity index (χ4v) is 1.79. The summed E-state index contributed by atoms with van der Waals surface area (Å²) in [5.41, 5.74) is 5.24. The average Bonchev–Trinajstić information content (AvgIpc) is 2.52. The maximum Gasteiger partial charge on any atom is 0.123 e. The number of hydrazone groups is 1. The van der Waals surface area contributed by atoms with Crippen LogP contribution >= 0.6 is 0 Å². The van der Waals surface area contributed by atoms with Crippen LogP contribution in [0.1, 0.15) is 11.1 Å². The molecule has 102 valence electrons. The number of benzene rings is 2. The normalized spacial score (nSPS) is 11.1. The molecule has 2 aromatic rings. The monoisotopic (exact) mass is 266 g/mol. The van der Waals surface area contributed by atoms with Crippen LogP contribution in [-0.2, 0) is 6.54 Å². The molecule has 0 aliphatic carbocycles. The van der Waals surface area contributed by atoms with Crippen LogP contribution in [0, 0.1) is 0 Å². The summed E-state index contributed by atoms with van der Waals surface area (Å²) >= 11 is 0. The molecule has 0 unspecified atom stereocenters. The minimum Gasteiger partial charge on any atom is -0.496 e. The van der Waals surface area contributed by atoms with Gasteiger partial charge in [-0.15, -0.1) is 0 Å². The summed E-state index contributed by atoms with van der Waals surface area (Å²) in [6, 6.07) is 18.0. The highest BCUT2D eigenvalue weighted by molar-refractivity contribution is 5.77. The van der Waals surface area contributed by atoms with Crippen LogP contribution < -0.4 is 10.2 Å². The van der Waals surface area contributed by atoms with E-state index >= 15 is 0 Å².